The number of halogens is 2. The molecule has 0 spiro atoms. The first-order valence-electron chi connectivity index (χ1n) is 0.204. The van der Waals surface area contributed by atoms with E-state index in [1.165, 1.54) is 0 Å². The maximum absolute atomic E-state index is 8.25. The zero-order valence-electron chi connectivity index (χ0n) is 2.37. The standard InChI is InChI=1S/2FH.GeO.Mg/c;;1-2;/h2*1H;;/q;;;+2/p-2. The molecule has 5 heavy (non-hydrogen) atoms. The summed E-state index contributed by atoms with van der Waals surface area (Å²) in [5, 5.41) is 0. The van der Waals surface area contributed by atoms with Crippen molar-refractivity contribution in [2.45, 2.75) is 0 Å². The summed E-state index contributed by atoms with van der Waals surface area (Å²) in [7, 11) is 0. The molecule has 0 bridgehead atoms. The van der Waals surface area contributed by atoms with Crippen molar-refractivity contribution in [3.63, 3.8) is 0 Å². The normalized spacial score (nSPS) is 0.800. The van der Waals surface area contributed by atoms with Crippen LogP contribution in [0.15, 0.2) is 0 Å². The molecular formula is F2GeMgO. The molecule has 0 atom stereocenters. The van der Waals surface area contributed by atoms with E-state index >= 15 is 0 Å². The minimum absolute atomic E-state index is 0. The van der Waals surface area contributed by atoms with Crippen molar-refractivity contribution in [3.05, 3.63) is 0 Å². The van der Waals surface area contributed by atoms with Gasteiger partial charge < -0.3 is 9.41 Å². The molecule has 0 N–H and O–H groups in total. The Morgan fingerprint density at radius 1 is 1.00 bits per heavy atom. The van der Waals surface area contributed by atoms with Crippen molar-refractivity contribution in [1.82, 2.24) is 0 Å². The van der Waals surface area contributed by atoms with Gasteiger partial charge in [-0.05, 0) is 0 Å². The second kappa shape index (κ2) is 83.4. The zero-order chi connectivity index (χ0) is 2.00. The summed E-state index contributed by atoms with van der Waals surface area (Å²) < 4.78 is 8.25. The van der Waals surface area contributed by atoms with Crippen LogP contribution in [0.3, 0.4) is 0 Å². The second-order valence-corrected chi connectivity index (χ2v) is 0. The van der Waals surface area contributed by atoms with Crippen molar-refractivity contribution in [3.8, 4) is 0 Å². The third-order valence-corrected chi connectivity index (χ3v) is 0. The summed E-state index contributed by atoms with van der Waals surface area (Å²) in [6, 6.07) is 0. The van der Waals surface area contributed by atoms with E-state index < -0.39 is 0 Å². The summed E-state index contributed by atoms with van der Waals surface area (Å²) in [6.07, 6.45) is 0. The summed E-state index contributed by atoms with van der Waals surface area (Å²) in [5.74, 6) is 0. The third-order valence-electron chi connectivity index (χ3n) is 0. The van der Waals surface area contributed by atoms with E-state index in [1.807, 2.05) is 0 Å². The van der Waals surface area contributed by atoms with E-state index in [9.17, 15) is 0 Å². The van der Waals surface area contributed by atoms with Crippen LogP contribution in [0.5, 0.6) is 0 Å². The van der Waals surface area contributed by atoms with Crippen LogP contribution >= 0.6 is 0 Å². The molecule has 0 aliphatic heterocycles. The van der Waals surface area contributed by atoms with Gasteiger partial charge in [0.2, 0.25) is 0 Å². The summed E-state index contributed by atoms with van der Waals surface area (Å²) >= 11 is 0.750. The molecule has 2 radical (unpaired) electrons. The van der Waals surface area contributed by atoms with Gasteiger partial charge in [-0.2, -0.15) is 0 Å². The Hall–Kier alpha value is 0.969. The van der Waals surface area contributed by atoms with Crippen LogP contribution in [0, 0.1) is 0 Å². The Balaban J connectivity index is -0.00000000167. The molecule has 0 saturated carbocycles. The summed E-state index contributed by atoms with van der Waals surface area (Å²) in [4.78, 5) is 0. The Bertz CT molecular complexity index is 9.61. The number of hydrogen-bond donors (Lipinski definition) is 0. The van der Waals surface area contributed by atoms with Crippen LogP contribution in [0.25, 0.3) is 0 Å². The molecule has 0 aromatic rings. The van der Waals surface area contributed by atoms with E-state index in [1.54, 1.807) is 0 Å². The molecule has 0 aliphatic carbocycles. The minimum atomic E-state index is 0. The average molecular weight is 151 g/mol. The molecule has 0 aliphatic rings. The Morgan fingerprint density at radius 2 is 1.00 bits per heavy atom. The zero-order valence-corrected chi connectivity index (χ0v) is 5.88. The molecule has 0 aromatic carbocycles. The quantitative estimate of drug-likeness (QED) is 0.314. The molecule has 0 unspecified atom stereocenters. The molecular weight excluding hydrogens is 151 g/mol. The molecule has 0 heterocycles. The van der Waals surface area contributed by atoms with Crippen molar-refractivity contribution in [1.29, 1.82) is 0 Å². The summed E-state index contributed by atoms with van der Waals surface area (Å²) in [5.41, 5.74) is 0. The van der Waals surface area contributed by atoms with Gasteiger partial charge in [0.05, 0.1) is 0 Å². The van der Waals surface area contributed by atoms with Gasteiger partial charge in [-0.3, -0.25) is 0 Å². The summed E-state index contributed by atoms with van der Waals surface area (Å²) in [6.45, 7) is 0. The van der Waals surface area contributed by atoms with Crippen LogP contribution in [0.4, 0.5) is 0 Å². The maximum atomic E-state index is 8.25. The molecule has 26 valence electrons. The average Bonchev–Trinajstić information content (AvgIpc) is 1.00. The first kappa shape index (κ1) is 38.0. The molecule has 0 fully saturated rings. The SMILES string of the molecule is [F-].[F-].[Mg+2].[O]=[Ge]. The van der Waals surface area contributed by atoms with Crippen molar-refractivity contribution in [2.24, 2.45) is 0 Å². The first-order chi connectivity index (χ1) is 1.00. The Labute approximate surface area is 52.8 Å². The van der Waals surface area contributed by atoms with Crippen LogP contribution in [-0.2, 0) is 3.78 Å². The van der Waals surface area contributed by atoms with E-state index in [-0.39, 0.29) is 32.5 Å². The molecule has 0 aromatic heterocycles. The van der Waals surface area contributed by atoms with E-state index in [0.29, 0.717) is 0 Å². The predicted octanol–water partition coefficient (Wildman–Crippen LogP) is -6.87. The fourth-order valence-corrected chi connectivity index (χ4v) is 0. The topological polar surface area (TPSA) is 17.1 Å². The molecule has 0 rings (SSSR count). The van der Waals surface area contributed by atoms with Crippen LogP contribution in [0.2, 0.25) is 0 Å². The van der Waals surface area contributed by atoms with Gasteiger partial charge in [0.15, 0.2) is 0 Å². The fourth-order valence-electron chi connectivity index (χ4n) is 0. The van der Waals surface area contributed by atoms with Gasteiger partial charge in [0, 0.05) is 0 Å². The number of hydrogen-bond acceptors (Lipinski definition) is 1. The van der Waals surface area contributed by atoms with Gasteiger partial charge in [0.1, 0.15) is 0 Å². The van der Waals surface area contributed by atoms with E-state index in [4.69, 9.17) is 3.78 Å². The predicted molar refractivity (Wildman–Crippen MR) is 12.2 cm³/mol. The fraction of sp³-hybridized carbons (Fsp3) is 0. The number of rotatable bonds is 0. The molecule has 5 heteroatoms. The van der Waals surface area contributed by atoms with Gasteiger partial charge >= 0.3 is 43.3 Å². The van der Waals surface area contributed by atoms with Crippen molar-refractivity contribution in [2.75, 3.05) is 0 Å². The molecule has 1 nitrogen and oxygen atoms in total. The third kappa shape index (κ3) is 46.6. The van der Waals surface area contributed by atoms with Crippen molar-refractivity contribution >= 4 is 39.5 Å². The molecule has 0 saturated heterocycles. The second-order valence-electron chi connectivity index (χ2n) is 0. The Kier molecular flexibility index (Phi) is 634. The molecule has 0 amide bonds. The van der Waals surface area contributed by atoms with Gasteiger partial charge in [-0.1, -0.05) is 0 Å². The van der Waals surface area contributed by atoms with E-state index in [2.05, 4.69) is 0 Å². The van der Waals surface area contributed by atoms with Crippen LogP contribution in [-0.4, -0.2) is 39.5 Å². The van der Waals surface area contributed by atoms with E-state index in [0.717, 1.165) is 16.5 Å². The first-order valence-corrected chi connectivity index (χ1v) is 1.06. The van der Waals surface area contributed by atoms with Gasteiger partial charge in [-0.15, -0.1) is 0 Å². The van der Waals surface area contributed by atoms with Crippen molar-refractivity contribution < 1.29 is 13.2 Å². The van der Waals surface area contributed by atoms with Crippen LogP contribution in [0.1, 0.15) is 0 Å². The van der Waals surface area contributed by atoms with Gasteiger partial charge in [0.25, 0.3) is 0 Å². The van der Waals surface area contributed by atoms with Crippen LogP contribution < -0.4 is 9.41 Å². The Morgan fingerprint density at radius 3 is 1.00 bits per heavy atom. The monoisotopic (exact) mass is 152 g/mol. The van der Waals surface area contributed by atoms with Gasteiger partial charge in [-0.25, -0.2) is 0 Å².